The Labute approximate surface area is 93.3 Å². The van der Waals surface area contributed by atoms with Gasteiger partial charge >= 0.3 is 0 Å². The van der Waals surface area contributed by atoms with Crippen LogP contribution in [0.2, 0.25) is 0 Å². The molecular formula is C15H9O. The highest BCUT2D eigenvalue weighted by atomic mass is 16.1. The van der Waals surface area contributed by atoms with Crippen LogP contribution in [-0.2, 0) is 4.79 Å². The lowest BCUT2D eigenvalue weighted by atomic mass is 9.98. The molecule has 0 heterocycles. The molecule has 0 N–H and O–H groups in total. The van der Waals surface area contributed by atoms with Gasteiger partial charge in [-0.3, -0.25) is 4.79 Å². The molecule has 0 atom stereocenters. The molecular weight excluding hydrogens is 196 g/mol. The molecule has 0 unspecified atom stereocenters. The lowest BCUT2D eigenvalue weighted by molar-refractivity contribution is 0.563. The van der Waals surface area contributed by atoms with Crippen molar-refractivity contribution >= 4 is 27.8 Å². The van der Waals surface area contributed by atoms with Crippen LogP contribution < -0.4 is 0 Å². The topological polar surface area (TPSA) is 17.1 Å². The average Bonchev–Trinajstić information content (AvgIpc) is 2.38. The van der Waals surface area contributed by atoms with Gasteiger partial charge < -0.3 is 0 Å². The van der Waals surface area contributed by atoms with E-state index in [9.17, 15) is 4.79 Å². The molecule has 0 spiro atoms. The van der Waals surface area contributed by atoms with E-state index in [-0.39, 0.29) is 0 Å². The molecule has 0 aliphatic rings. The Morgan fingerprint density at radius 1 is 0.750 bits per heavy atom. The van der Waals surface area contributed by atoms with Gasteiger partial charge in [-0.1, -0.05) is 48.5 Å². The van der Waals surface area contributed by atoms with Crippen LogP contribution in [0.15, 0.2) is 54.6 Å². The molecule has 75 valence electrons. The van der Waals surface area contributed by atoms with Crippen molar-refractivity contribution < 1.29 is 4.79 Å². The Morgan fingerprint density at radius 2 is 1.38 bits per heavy atom. The second-order valence-electron chi connectivity index (χ2n) is 3.79. The minimum Gasteiger partial charge on any atom is -0.285 e. The maximum Gasteiger partial charge on any atom is 0.234 e. The number of hydrogen-bond acceptors (Lipinski definition) is 1. The average molecular weight is 205 g/mol. The van der Waals surface area contributed by atoms with Crippen LogP contribution >= 0.6 is 0 Å². The highest BCUT2D eigenvalue weighted by Crippen LogP contribution is 2.27. The summed E-state index contributed by atoms with van der Waals surface area (Å²) in [7, 11) is 0. The third-order valence-corrected chi connectivity index (χ3v) is 2.88. The van der Waals surface area contributed by atoms with E-state index in [1.54, 1.807) is 0 Å². The number of carbonyl (C=O) groups excluding carboxylic acids is 1. The van der Waals surface area contributed by atoms with Gasteiger partial charge in [0.15, 0.2) is 0 Å². The first-order valence-electron chi connectivity index (χ1n) is 5.19. The normalized spacial score (nSPS) is 10.8. The lowest BCUT2D eigenvalue weighted by Crippen LogP contribution is -1.85. The summed E-state index contributed by atoms with van der Waals surface area (Å²) < 4.78 is 0. The molecule has 3 aromatic rings. The zero-order valence-corrected chi connectivity index (χ0v) is 8.60. The summed E-state index contributed by atoms with van der Waals surface area (Å²) >= 11 is 0. The summed E-state index contributed by atoms with van der Waals surface area (Å²) in [4.78, 5) is 10.9. The van der Waals surface area contributed by atoms with Crippen molar-refractivity contribution in [3.8, 4) is 0 Å². The number of benzene rings is 3. The van der Waals surface area contributed by atoms with E-state index in [2.05, 4.69) is 6.07 Å². The number of hydrogen-bond donors (Lipinski definition) is 0. The SMILES string of the molecule is O=[C]c1cc2ccccc2c2ccccc12. The van der Waals surface area contributed by atoms with Gasteiger partial charge in [0.1, 0.15) is 0 Å². The third kappa shape index (κ3) is 1.22. The zero-order chi connectivity index (χ0) is 11.0. The fourth-order valence-corrected chi connectivity index (χ4v) is 2.14. The van der Waals surface area contributed by atoms with E-state index < -0.39 is 0 Å². The van der Waals surface area contributed by atoms with E-state index in [4.69, 9.17) is 0 Å². The van der Waals surface area contributed by atoms with E-state index in [1.807, 2.05) is 54.8 Å². The molecule has 0 bridgehead atoms. The quantitative estimate of drug-likeness (QED) is 0.556. The first-order valence-corrected chi connectivity index (χ1v) is 5.19. The first-order chi connectivity index (χ1) is 7.90. The van der Waals surface area contributed by atoms with Gasteiger partial charge in [-0.15, -0.1) is 0 Å². The molecule has 3 aromatic carbocycles. The summed E-state index contributed by atoms with van der Waals surface area (Å²) in [5, 5.41) is 4.34. The smallest absolute Gasteiger partial charge is 0.234 e. The van der Waals surface area contributed by atoms with Gasteiger partial charge in [-0.25, -0.2) is 0 Å². The Kier molecular flexibility index (Phi) is 1.97. The van der Waals surface area contributed by atoms with Crippen molar-refractivity contribution in [2.75, 3.05) is 0 Å². The lowest BCUT2D eigenvalue weighted by Gasteiger charge is -2.05. The summed E-state index contributed by atoms with van der Waals surface area (Å²) in [6, 6.07) is 17.9. The predicted molar refractivity (Wildman–Crippen MR) is 66.2 cm³/mol. The van der Waals surface area contributed by atoms with Crippen LogP contribution in [0.4, 0.5) is 0 Å². The Hall–Kier alpha value is -2.15. The van der Waals surface area contributed by atoms with Crippen LogP contribution in [0.25, 0.3) is 21.5 Å². The van der Waals surface area contributed by atoms with Crippen molar-refractivity contribution in [3.05, 3.63) is 60.2 Å². The van der Waals surface area contributed by atoms with Crippen molar-refractivity contribution in [2.24, 2.45) is 0 Å². The summed E-state index contributed by atoms with van der Waals surface area (Å²) in [5.41, 5.74) is 0.634. The van der Waals surface area contributed by atoms with Gasteiger partial charge in [0.2, 0.25) is 6.29 Å². The van der Waals surface area contributed by atoms with Crippen molar-refractivity contribution in [1.29, 1.82) is 0 Å². The zero-order valence-electron chi connectivity index (χ0n) is 8.60. The number of rotatable bonds is 1. The largest absolute Gasteiger partial charge is 0.285 e. The minimum atomic E-state index is 0.634. The molecule has 1 nitrogen and oxygen atoms in total. The van der Waals surface area contributed by atoms with Gasteiger partial charge in [-0.2, -0.15) is 0 Å². The number of fused-ring (bicyclic) bond motifs is 3. The molecule has 3 rings (SSSR count). The molecule has 1 heteroatoms. The van der Waals surface area contributed by atoms with Crippen LogP contribution in [0.3, 0.4) is 0 Å². The van der Waals surface area contributed by atoms with Crippen LogP contribution in [0.5, 0.6) is 0 Å². The fourth-order valence-electron chi connectivity index (χ4n) is 2.14. The summed E-state index contributed by atoms with van der Waals surface area (Å²) in [6.45, 7) is 0. The highest BCUT2D eigenvalue weighted by Gasteiger charge is 2.04. The molecule has 0 saturated carbocycles. The third-order valence-electron chi connectivity index (χ3n) is 2.88. The van der Waals surface area contributed by atoms with E-state index >= 15 is 0 Å². The first kappa shape index (κ1) is 9.10. The maximum absolute atomic E-state index is 10.9. The monoisotopic (exact) mass is 205 g/mol. The summed E-state index contributed by atoms with van der Waals surface area (Å²) in [6.07, 6.45) is 2.01. The van der Waals surface area contributed by atoms with Gasteiger partial charge in [-0.05, 0) is 27.6 Å². The second-order valence-corrected chi connectivity index (χ2v) is 3.79. The van der Waals surface area contributed by atoms with Gasteiger partial charge in [0.25, 0.3) is 0 Å². The van der Waals surface area contributed by atoms with Gasteiger partial charge in [0, 0.05) is 5.56 Å². The van der Waals surface area contributed by atoms with E-state index in [1.165, 1.54) is 5.39 Å². The molecule has 0 aromatic heterocycles. The highest BCUT2D eigenvalue weighted by molar-refractivity contribution is 6.13. The molecule has 1 radical (unpaired) electrons. The van der Waals surface area contributed by atoms with Crippen molar-refractivity contribution in [1.82, 2.24) is 0 Å². The minimum absolute atomic E-state index is 0.634. The Morgan fingerprint density at radius 3 is 2.12 bits per heavy atom. The maximum atomic E-state index is 10.9. The van der Waals surface area contributed by atoms with E-state index in [0.29, 0.717) is 5.56 Å². The molecule has 0 amide bonds. The molecule has 16 heavy (non-hydrogen) atoms. The molecule has 0 aliphatic carbocycles. The predicted octanol–water partition coefficient (Wildman–Crippen LogP) is 3.45. The van der Waals surface area contributed by atoms with Gasteiger partial charge in [0.05, 0.1) is 0 Å². The fraction of sp³-hybridized carbons (Fsp3) is 0. The Balaban J connectivity index is 2.62. The standard InChI is InChI=1S/C15H9O/c16-10-12-9-11-5-1-2-6-13(11)15-8-4-3-7-14(12)15/h1-9H. The molecule has 0 fully saturated rings. The molecule has 0 aliphatic heterocycles. The van der Waals surface area contributed by atoms with E-state index in [0.717, 1.165) is 16.2 Å². The Bertz CT molecular complexity index is 683. The molecule has 0 saturated heterocycles. The van der Waals surface area contributed by atoms with Crippen molar-refractivity contribution in [3.63, 3.8) is 0 Å². The second kappa shape index (κ2) is 3.46. The van der Waals surface area contributed by atoms with Crippen LogP contribution in [-0.4, -0.2) is 6.29 Å². The van der Waals surface area contributed by atoms with Crippen molar-refractivity contribution in [2.45, 2.75) is 0 Å². The van der Waals surface area contributed by atoms with Crippen LogP contribution in [0, 0.1) is 0 Å². The summed E-state index contributed by atoms with van der Waals surface area (Å²) in [5.74, 6) is 0. The van der Waals surface area contributed by atoms with Crippen LogP contribution in [0.1, 0.15) is 5.56 Å².